The fourth-order valence-electron chi connectivity index (χ4n) is 1.64. The van der Waals surface area contributed by atoms with Crippen LogP contribution in [0.5, 0.6) is 0 Å². The van der Waals surface area contributed by atoms with Crippen molar-refractivity contribution in [3.8, 4) is 0 Å². The van der Waals surface area contributed by atoms with E-state index in [1.165, 1.54) is 6.42 Å². The molecular formula is C9H18N2. The Kier molecular flexibility index (Phi) is 3.57. The van der Waals surface area contributed by atoms with E-state index in [4.69, 9.17) is 5.41 Å². The minimum atomic E-state index is 0.758. The van der Waals surface area contributed by atoms with Crippen molar-refractivity contribution >= 4 is 5.71 Å². The molecule has 11 heavy (non-hydrogen) atoms. The summed E-state index contributed by atoms with van der Waals surface area (Å²) in [5.74, 6) is 0.758. The molecule has 1 aliphatic rings. The number of rotatable bonds is 4. The van der Waals surface area contributed by atoms with E-state index in [2.05, 4.69) is 12.2 Å². The molecule has 0 amide bonds. The molecule has 1 rings (SSSR count). The molecule has 1 saturated heterocycles. The minimum absolute atomic E-state index is 0.758. The second-order valence-electron chi connectivity index (χ2n) is 3.42. The Hall–Kier alpha value is -0.370. The van der Waals surface area contributed by atoms with Gasteiger partial charge in [0.15, 0.2) is 0 Å². The van der Waals surface area contributed by atoms with Crippen LogP contribution in [0.25, 0.3) is 0 Å². The Labute approximate surface area is 68.9 Å². The first kappa shape index (κ1) is 8.72. The van der Waals surface area contributed by atoms with Gasteiger partial charge in [0, 0.05) is 5.71 Å². The van der Waals surface area contributed by atoms with E-state index in [1.54, 1.807) is 0 Å². The van der Waals surface area contributed by atoms with Crippen LogP contribution in [0.3, 0.4) is 0 Å². The lowest BCUT2D eigenvalue weighted by molar-refractivity contribution is 0.602. The van der Waals surface area contributed by atoms with Gasteiger partial charge in [0.05, 0.1) is 0 Å². The second kappa shape index (κ2) is 4.50. The van der Waals surface area contributed by atoms with E-state index >= 15 is 0 Å². The van der Waals surface area contributed by atoms with E-state index in [0.29, 0.717) is 0 Å². The summed E-state index contributed by atoms with van der Waals surface area (Å²) in [6, 6.07) is 0. The van der Waals surface area contributed by atoms with Gasteiger partial charge in [-0.05, 0) is 38.3 Å². The van der Waals surface area contributed by atoms with Gasteiger partial charge in [-0.1, -0.05) is 13.3 Å². The van der Waals surface area contributed by atoms with Crippen LogP contribution >= 0.6 is 0 Å². The lowest BCUT2D eigenvalue weighted by atomic mass is 9.99. The molecule has 2 N–H and O–H groups in total. The summed E-state index contributed by atoms with van der Waals surface area (Å²) in [6.07, 6.45) is 4.42. The predicted octanol–water partition coefficient (Wildman–Crippen LogP) is 1.81. The SMILES string of the molecule is CCCC(=N)CC1CCNC1. The highest BCUT2D eigenvalue weighted by Crippen LogP contribution is 2.13. The maximum atomic E-state index is 7.63. The molecule has 0 radical (unpaired) electrons. The fourth-order valence-corrected chi connectivity index (χ4v) is 1.64. The third-order valence-electron chi connectivity index (χ3n) is 2.25. The zero-order valence-corrected chi connectivity index (χ0v) is 7.32. The van der Waals surface area contributed by atoms with Crippen LogP contribution < -0.4 is 5.32 Å². The molecule has 2 heteroatoms. The Morgan fingerprint density at radius 2 is 2.45 bits per heavy atom. The van der Waals surface area contributed by atoms with E-state index < -0.39 is 0 Å². The molecule has 1 aliphatic heterocycles. The first-order valence-corrected chi connectivity index (χ1v) is 4.60. The van der Waals surface area contributed by atoms with Crippen LogP contribution in [0.15, 0.2) is 0 Å². The standard InChI is InChI=1S/C9H18N2/c1-2-3-9(10)6-8-4-5-11-7-8/h8,10-11H,2-7H2,1H3. The third-order valence-corrected chi connectivity index (χ3v) is 2.25. The molecule has 1 unspecified atom stereocenters. The van der Waals surface area contributed by atoms with Gasteiger partial charge in [0.1, 0.15) is 0 Å². The molecule has 0 spiro atoms. The Bertz CT molecular complexity index is 126. The first-order valence-electron chi connectivity index (χ1n) is 4.60. The van der Waals surface area contributed by atoms with E-state index in [9.17, 15) is 0 Å². The van der Waals surface area contributed by atoms with Crippen LogP contribution in [0.2, 0.25) is 0 Å². The summed E-state index contributed by atoms with van der Waals surface area (Å²) in [6.45, 7) is 4.43. The fraction of sp³-hybridized carbons (Fsp3) is 0.889. The molecule has 0 bridgehead atoms. The van der Waals surface area contributed by atoms with Crippen molar-refractivity contribution in [2.45, 2.75) is 32.6 Å². The molecule has 0 saturated carbocycles. The van der Waals surface area contributed by atoms with Crippen molar-refractivity contribution in [3.05, 3.63) is 0 Å². The molecule has 0 aliphatic carbocycles. The van der Waals surface area contributed by atoms with Gasteiger partial charge >= 0.3 is 0 Å². The largest absolute Gasteiger partial charge is 0.316 e. The highest BCUT2D eigenvalue weighted by molar-refractivity contribution is 5.81. The van der Waals surface area contributed by atoms with Crippen molar-refractivity contribution < 1.29 is 0 Å². The minimum Gasteiger partial charge on any atom is -0.316 e. The third kappa shape index (κ3) is 3.02. The Balaban J connectivity index is 2.13. The molecule has 2 nitrogen and oxygen atoms in total. The van der Waals surface area contributed by atoms with E-state index in [-0.39, 0.29) is 0 Å². The second-order valence-corrected chi connectivity index (χ2v) is 3.42. The van der Waals surface area contributed by atoms with Gasteiger partial charge < -0.3 is 10.7 Å². The summed E-state index contributed by atoms with van der Waals surface area (Å²) < 4.78 is 0. The zero-order chi connectivity index (χ0) is 8.10. The Morgan fingerprint density at radius 1 is 1.64 bits per heavy atom. The molecule has 1 fully saturated rings. The van der Waals surface area contributed by atoms with E-state index in [1.807, 2.05) is 0 Å². The number of hydrogen-bond donors (Lipinski definition) is 2. The maximum absolute atomic E-state index is 7.63. The van der Waals surface area contributed by atoms with E-state index in [0.717, 1.165) is 44.0 Å². The molecule has 1 heterocycles. The molecule has 0 aromatic carbocycles. The van der Waals surface area contributed by atoms with Gasteiger partial charge in [-0.2, -0.15) is 0 Å². The summed E-state index contributed by atoms with van der Waals surface area (Å²) in [5, 5.41) is 10.9. The van der Waals surface area contributed by atoms with Crippen molar-refractivity contribution in [2.75, 3.05) is 13.1 Å². The Morgan fingerprint density at radius 3 is 3.00 bits per heavy atom. The summed E-state index contributed by atoms with van der Waals surface area (Å²) >= 11 is 0. The number of nitrogens with one attached hydrogen (secondary N) is 2. The van der Waals surface area contributed by atoms with Gasteiger partial charge in [0.2, 0.25) is 0 Å². The summed E-state index contributed by atoms with van der Waals surface area (Å²) in [4.78, 5) is 0. The van der Waals surface area contributed by atoms with Crippen LogP contribution in [-0.4, -0.2) is 18.8 Å². The van der Waals surface area contributed by atoms with Gasteiger partial charge in [-0.15, -0.1) is 0 Å². The van der Waals surface area contributed by atoms with Gasteiger partial charge in [0.25, 0.3) is 0 Å². The predicted molar refractivity (Wildman–Crippen MR) is 48.2 cm³/mol. The van der Waals surface area contributed by atoms with Crippen molar-refractivity contribution in [1.82, 2.24) is 5.32 Å². The molecule has 0 aromatic heterocycles. The highest BCUT2D eigenvalue weighted by atomic mass is 14.9. The maximum Gasteiger partial charge on any atom is 0.00923 e. The topological polar surface area (TPSA) is 35.9 Å². The summed E-state index contributed by atoms with van der Waals surface area (Å²) in [5.41, 5.74) is 0.946. The molecule has 0 aromatic rings. The highest BCUT2D eigenvalue weighted by Gasteiger charge is 2.15. The average Bonchev–Trinajstić information content (AvgIpc) is 2.40. The van der Waals surface area contributed by atoms with Crippen molar-refractivity contribution in [3.63, 3.8) is 0 Å². The smallest absolute Gasteiger partial charge is 0.00923 e. The normalized spacial score (nSPS) is 23.9. The summed E-state index contributed by atoms with van der Waals surface area (Å²) in [7, 11) is 0. The monoisotopic (exact) mass is 154 g/mol. The average molecular weight is 154 g/mol. The molecule has 1 atom stereocenters. The lowest BCUT2D eigenvalue weighted by Crippen LogP contribution is -2.12. The van der Waals surface area contributed by atoms with Crippen LogP contribution in [-0.2, 0) is 0 Å². The van der Waals surface area contributed by atoms with Gasteiger partial charge in [-0.25, -0.2) is 0 Å². The van der Waals surface area contributed by atoms with Crippen LogP contribution in [0.1, 0.15) is 32.6 Å². The first-order chi connectivity index (χ1) is 5.33. The van der Waals surface area contributed by atoms with Gasteiger partial charge in [-0.3, -0.25) is 0 Å². The van der Waals surface area contributed by atoms with Crippen molar-refractivity contribution in [1.29, 1.82) is 5.41 Å². The quantitative estimate of drug-likeness (QED) is 0.595. The lowest BCUT2D eigenvalue weighted by Gasteiger charge is -2.07. The number of hydrogen-bond acceptors (Lipinski definition) is 2. The zero-order valence-electron chi connectivity index (χ0n) is 7.32. The molecule has 64 valence electrons. The van der Waals surface area contributed by atoms with Crippen molar-refractivity contribution in [2.24, 2.45) is 5.92 Å². The van der Waals surface area contributed by atoms with Crippen LogP contribution in [0.4, 0.5) is 0 Å². The molecular weight excluding hydrogens is 136 g/mol. The van der Waals surface area contributed by atoms with Crippen LogP contribution in [0, 0.1) is 11.3 Å².